The average Bonchev–Trinajstić information content (AvgIpc) is 2.47. The molecule has 0 fully saturated rings. The Balaban J connectivity index is 2.69. The SMILES string of the molecule is Cc1ccc(C(=S)/C=C/N(C)C)s1. The second-order valence-corrected chi connectivity index (χ2v) is 4.78. The minimum absolute atomic E-state index is 0.909. The van der Waals surface area contributed by atoms with Crippen molar-refractivity contribution in [3.05, 3.63) is 34.2 Å². The maximum absolute atomic E-state index is 5.25. The quantitative estimate of drug-likeness (QED) is 0.430. The van der Waals surface area contributed by atoms with Crippen LogP contribution in [0, 0.1) is 6.92 Å². The lowest BCUT2D eigenvalue weighted by molar-refractivity contribution is 0.564. The van der Waals surface area contributed by atoms with E-state index in [4.69, 9.17) is 12.2 Å². The van der Waals surface area contributed by atoms with Crippen LogP contribution in [0.25, 0.3) is 0 Å². The number of hydrogen-bond acceptors (Lipinski definition) is 3. The fourth-order valence-corrected chi connectivity index (χ4v) is 1.91. The molecule has 0 aromatic carbocycles. The molecule has 0 aliphatic heterocycles. The summed E-state index contributed by atoms with van der Waals surface area (Å²) in [5, 5.41) is 0. The van der Waals surface area contributed by atoms with Crippen LogP contribution in [0.5, 0.6) is 0 Å². The summed E-state index contributed by atoms with van der Waals surface area (Å²) in [4.78, 5) is 5.36. The van der Waals surface area contributed by atoms with Gasteiger partial charge in [-0.2, -0.15) is 0 Å². The molecule has 0 unspecified atom stereocenters. The minimum atomic E-state index is 0.909. The maximum Gasteiger partial charge on any atom is 0.0563 e. The second-order valence-electron chi connectivity index (χ2n) is 3.05. The van der Waals surface area contributed by atoms with Crippen LogP contribution in [0.2, 0.25) is 0 Å². The molecule has 0 aliphatic rings. The van der Waals surface area contributed by atoms with E-state index in [0.29, 0.717) is 0 Å². The minimum Gasteiger partial charge on any atom is -0.383 e. The third-order valence-electron chi connectivity index (χ3n) is 1.51. The largest absolute Gasteiger partial charge is 0.383 e. The van der Waals surface area contributed by atoms with E-state index in [9.17, 15) is 0 Å². The Morgan fingerprint density at radius 2 is 2.15 bits per heavy atom. The standard InChI is InChI=1S/C10H13NS2/c1-8-4-5-10(13-8)9(12)6-7-11(2)3/h4-7H,1-3H3/b7-6+. The Morgan fingerprint density at radius 1 is 1.46 bits per heavy atom. The first-order valence-electron chi connectivity index (χ1n) is 4.05. The molecule has 1 aromatic rings. The van der Waals surface area contributed by atoms with Gasteiger partial charge in [0.25, 0.3) is 0 Å². The lowest BCUT2D eigenvalue weighted by atomic mass is 10.3. The molecular weight excluding hydrogens is 198 g/mol. The molecule has 0 atom stereocenters. The highest BCUT2D eigenvalue weighted by Crippen LogP contribution is 2.16. The lowest BCUT2D eigenvalue weighted by Crippen LogP contribution is -2.01. The topological polar surface area (TPSA) is 3.24 Å². The molecular formula is C10H13NS2. The number of aryl methyl sites for hydroxylation is 1. The first-order valence-corrected chi connectivity index (χ1v) is 5.27. The summed E-state index contributed by atoms with van der Waals surface area (Å²) in [7, 11) is 3.97. The third kappa shape index (κ3) is 3.28. The van der Waals surface area contributed by atoms with E-state index in [1.54, 1.807) is 11.3 Å². The summed E-state index contributed by atoms with van der Waals surface area (Å²) < 4.78 is 0. The van der Waals surface area contributed by atoms with Gasteiger partial charge in [0, 0.05) is 23.8 Å². The summed E-state index contributed by atoms with van der Waals surface area (Å²) in [6.45, 7) is 2.09. The van der Waals surface area contributed by atoms with Crippen molar-refractivity contribution in [2.24, 2.45) is 0 Å². The van der Waals surface area contributed by atoms with Gasteiger partial charge in [-0.05, 0) is 31.3 Å². The molecule has 1 nitrogen and oxygen atoms in total. The van der Waals surface area contributed by atoms with Crippen LogP contribution >= 0.6 is 23.6 Å². The number of thiophene rings is 1. The van der Waals surface area contributed by atoms with E-state index in [-0.39, 0.29) is 0 Å². The Labute approximate surface area is 88.7 Å². The Hall–Kier alpha value is -0.670. The molecule has 13 heavy (non-hydrogen) atoms. The number of nitrogens with zero attached hydrogens (tertiary/aromatic N) is 1. The van der Waals surface area contributed by atoms with Gasteiger partial charge >= 0.3 is 0 Å². The predicted octanol–water partition coefficient (Wildman–Crippen LogP) is 2.85. The van der Waals surface area contributed by atoms with Crippen molar-refractivity contribution >= 4 is 28.4 Å². The number of thiocarbonyl (C=S) groups is 1. The molecule has 0 bridgehead atoms. The highest BCUT2D eigenvalue weighted by atomic mass is 32.1. The molecule has 1 heterocycles. The van der Waals surface area contributed by atoms with Crippen LogP contribution in [0.15, 0.2) is 24.4 Å². The van der Waals surface area contributed by atoms with Crippen molar-refractivity contribution in [1.82, 2.24) is 4.90 Å². The van der Waals surface area contributed by atoms with E-state index in [2.05, 4.69) is 19.1 Å². The molecule has 1 aromatic heterocycles. The second kappa shape index (κ2) is 4.53. The highest BCUT2D eigenvalue weighted by Gasteiger charge is 1.99. The predicted molar refractivity (Wildman–Crippen MR) is 63.6 cm³/mol. The van der Waals surface area contributed by atoms with E-state index in [1.165, 1.54) is 9.75 Å². The molecule has 0 radical (unpaired) electrons. The fraction of sp³-hybridized carbons (Fsp3) is 0.300. The zero-order valence-electron chi connectivity index (χ0n) is 8.07. The number of rotatable bonds is 3. The molecule has 0 saturated carbocycles. The first-order chi connectivity index (χ1) is 6.09. The summed E-state index contributed by atoms with van der Waals surface area (Å²) >= 11 is 6.99. The molecule has 0 spiro atoms. The highest BCUT2D eigenvalue weighted by molar-refractivity contribution is 7.81. The molecule has 0 N–H and O–H groups in total. The summed E-state index contributed by atoms with van der Waals surface area (Å²) in [6.07, 6.45) is 3.93. The number of hydrogen-bond donors (Lipinski definition) is 0. The molecule has 0 aliphatic carbocycles. The van der Waals surface area contributed by atoms with Crippen LogP contribution in [0.3, 0.4) is 0 Å². The van der Waals surface area contributed by atoms with Crippen molar-refractivity contribution in [2.75, 3.05) is 14.1 Å². The molecule has 70 valence electrons. The lowest BCUT2D eigenvalue weighted by Gasteiger charge is -2.02. The van der Waals surface area contributed by atoms with Gasteiger partial charge in [0.1, 0.15) is 0 Å². The van der Waals surface area contributed by atoms with Crippen LogP contribution in [0.1, 0.15) is 9.75 Å². The van der Waals surface area contributed by atoms with Gasteiger partial charge in [-0.25, -0.2) is 0 Å². The Kier molecular flexibility index (Phi) is 3.63. The summed E-state index contributed by atoms with van der Waals surface area (Å²) in [5.41, 5.74) is 0. The summed E-state index contributed by atoms with van der Waals surface area (Å²) in [6, 6.07) is 4.16. The smallest absolute Gasteiger partial charge is 0.0563 e. The fourth-order valence-electron chi connectivity index (χ4n) is 0.866. The van der Waals surface area contributed by atoms with Crippen LogP contribution in [-0.2, 0) is 0 Å². The Morgan fingerprint density at radius 3 is 2.62 bits per heavy atom. The van der Waals surface area contributed by atoms with E-state index < -0.39 is 0 Å². The van der Waals surface area contributed by atoms with Crippen LogP contribution in [-0.4, -0.2) is 23.9 Å². The van der Waals surface area contributed by atoms with Crippen molar-refractivity contribution in [2.45, 2.75) is 6.92 Å². The van der Waals surface area contributed by atoms with Crippen molar-refractivity contribution < 1.29 is 0 Å². The molecule has 3 heteroatoms. The normalized spacial score (nSPS) is 10.7. The van der Waals surface area contributed by atoms with E-state index in [1.807, 2.05) is 31.3 Å². The molecule has 0 saturated heterocycles. The van der Waals surface area contributed by atoms with Gasteiger partial charge in [-0.3, -0.25) is 0 Å². The van der Waals surface area contributed by atoms with E-state index >= 15 is 0 Å². The van der Waals surface area contributed by atoms with Gasteiger partial charge in [-0.1, -0.05) is 12.2 Å². The summed E-state index contributed by atoms with van der Waals surface area (Å²) in [5.74, 6) is 0. The van der Waals surface area contributed by atoms with E-state index in [0.717, 1.165) is 4.86 Å². The van der Waals surface area contributed by atoms with Gasteiger partial charge in [0.15, 0.2) is 0 Å². The zero-order valence-corrected chi connectivity index (χ0v) is 9.71. The number of allylic oxidation sites excluding steroid dienone is 1. The van der Waals surface area contributed by atoms with Crippen molar-refractivity contribution in [3.8, 4) is 0 Å². The van der Waals surface area contributed by atoms with Gasteiger partial charge in [0.2, 0.25) is 0 Å². The monoisotopic (exact) mass is 211 g/mol. The maximum atomic E-state index is 5.25. The van der Waals surface area contributed by atoms with Gasteiger partial charge < -0.3 is 4.90 Å². The zero-order chi connectivity index (χ0) is 9.84. The van der Waals surface area contributed by atoms with Crippen LogP contribution in [0.4, 0.5) is 0 Å². The molecule has 1 rings (SSSR count). The average molecular weight is 211 g/mol. The van der Waals surface area contributed by atoms with Crippen molar-refractivity contribution in [1.29, 1.82) is 0 Å². The third-order valence-corrected chi connectivity index (χ3v) is 3.03. The Bertz CT molecular complexity index is 323. The molecule has 0 amide bonds. The van der Waals surface area contributed by atoms with Crippen molar-refractivity contribution in [3.63, 3.8) is 0 Å². The van der Waals surface area contributed by atoms with Crippen LogP contribution < -0.4 is 0 Å². The first kappa shape index (κ1) is 10.4. The van der Waals surface area contributed by atoms with Gasteiger partial charge in [0.05, 0.1) is 4.86 Å². The van der Waals surface area contributed by atoms with Gasteiger partial charge in [-0.15, -0.1) is 11.3 Å².